The van der Waals surface area contributed by atoms with Crippen molar-refractivity contribution in [1.82, 2.24) is 19.5 Å². The van der Waals surface area contributed by atoms with E-state index in [-0.39, 0.29) is 11.3 Å². The van der Waals surface area contributed by atoms with Gasteiger partial charge in [0.05, 0.1) is 11.9 Å². The van der Waals surface area contributed by atoms with E-state index in [0.29, 0.717) is 11.6 Å². The van der Waals surface area contributed by atoms with E-state index in [1.807, 2.05) is 0 Å². The normalized spacial score (nSPS) is 12.0. The molecule has 1 aromatic carbocycles. The van der Waals surface area contributed by atoms with Crippen molar-refractivity contribution in [3.05, 3.63) is 42.6 Å². The quantitative estimate of drug-likeness (QED) is 0.717. The highest BCUT2D eigenvalue weighted by atomic mass is 32.2. The zero-order chi connectivity index (χ0) is 15.2. The topological polar surface area (TPSA) is 77.7 Å². The van der Waals surface area contributed by atoms with Gasteiger partial charge < -0.3 is 0 Å². The summed E-state index contributed by atoms with van der Waals surface area (Å²) in [6, 6.07) is 1.45. The lowest BCUT2D eigenvalue weighted by atomic mass is 10.3. The molecule has 0 unspecified atom stereocenters. The summed E-state index contributed by atoms with van der Waals surface area (Å²) >= 11 is 0. The third kappa shape index (κ3) is 2.25. The fourth-order valence-corrected chi connectivity index (χ4v) is 2.66. The Labute approximate surface area is 118 Å². The molecule has 0 amide bonds. The Balaban J connectivity index is 2.27. The first-order valence-corrected chi connectivity index (χ1v) is 7.59. The van der Waals surface area contributed by atoms with Crippen molar-refractivity contribution >= 4 is 21.0 Å². The molecule has 9 heteroatoms. The number of nitrogens with zero attached hydrogens (tertiary/aromatic N) is 4. The predicted octanol–water partition coefficient (Wildman–Crippen LogP) is 1.50. The third-order valence-corrected chi connectivity index (χ3v) is 3.99. The highest BCUT2D eigenvalue weighted by molar-refractivity contribution is 7.90. The smallest absolute Gasteiger partial charge is 0.178 e. The second-order valence-electron chi connectivity index (χ2n) is 4.35. The van der Waals surface area contributed by atoms with Gasteiger partial charge in [0.1, 0.15) is 34.7 Å². The Bertz CT molecular complexity index is 953. The van der Waals surface area contributed by atoms with Gasteiger partial charge in [-0.25, -0.2) is 32.2 Å². The maximum atomic E-state index is 14.1. The van der Waals surface area contributed by atoms with E-state index < -0.39 is 26.4 Å². The van der Waals surface area contributed by atoms with Crippen molar-refractivity contribution in [1.29, 1.82) is 0 Å². The van der Waals surface area contributed by atoms with Gasteiger partial charge in [-0.3, -0.25) is 4.57 Å². The number of aromatic nitrogens is 4. The van der Waals surface area contributed by atoms with Gasteiger partial charge in [0.15, 0.2) is 15.5 Å². The average molecular weight is 310 g/mol. The lowest BCUT2D eigenvalue weighted by Crippen LogP contribution is -2.05. The van der Waals surface area contributed by atoms with Crippen LogP contribution in [0.2, 0.25) is 0 Å². The van der Waals surface area contributed by atoms with Crippen molar-refractivity contribution in [2.45, 2.75) is 4.90 Å². The molecule has 0 aliphatic rings. The molecule has 0 radical (unpaired) electrons. The highest BCUT2D eigenvalue weighted by Crippen LogP contribution is 2.24. The largest absolute Gasteiger partial charge is 0.280 e. The van der Waals surface area contributed by atoms with E-state index in [1.165, 1.54) is 23.4 Å². The van der Waals surface area contributed by atoms with Crippen LogP contribution in [0.15, 0.2) is 35.9 Å². The van der Waals surface area contributed by atoms with Crippen molar-refractivity contribution in [2.24, 2.45) is 0 Å². The summed E-state index contributed by atoms with van der Waals surface area (Å²) in [7, 11) is -3.85. The Hall–Kier alpha value is -2.42. The molecule has 0 spiro atoms. The zero-order valence-electron chi connectivity index (χ0n) is 10.7. The minimum Gasteiger partial charge on any atom is -0.280 e. The Morgan fingerprint density at radius 2 is 1.90 bits per heavy atom. The molecule has 0 aliphatic heterocycles. The molecule has 0 bridgehead atoms. The van der Waals surface area contributed by atoms with Crippen LogP contribution in [0.4, 0.5) is 8.78 Å². The van der Waals surface area contributed by atoms with Gasteiger partial charge >= 0.3 is 0 Å². The summed E-state index contributed by atoms with van der Waals surface area (Å²) in [6.07, 6.45) is 4.75. The third-order valence-electron chi connectivity index (χ3n) is 2.87. The molecule has 108 valence electrons. The van der Waals surface area contributed by atoms with Crippen LogP contribution in [0.3, 0.4) is 0 Å². The summed E-state index contributed by atoms with van der Waals surface area (Å²) in [4.78, 5) is 11.0. The van der Waals surface area contributed by atoms with Crippen LogP contribution < -0.4 is 0 Å². The minimum absolute atomic E-state index is 0.180. The number of imidazole rings is 1. The van der Waals surface area contributed by atoms with Crippen molar-refractivity contribution < 1.29 is 17.2 Å². The maximum Gasteiger partial charge on any atom is 0.178 e. The van der Waals surface area contributed by atoms with Crippen LogP contribution in [0.5, 0.6) is 0 Å². The molecule has 2 heterocycles. The molecule has 0 saturated carbocycles. The SMILES string of the molecule is CS(=O)(=O)c1cc(F)c(-n2cnc3cncnc32)cc1F. The van der Waals surface area contributed by atoms with Gasteiger partial charge in [0, 0.05) is 12.3 Å². The number of hydrogen-bond acceptors (Lipinski definition) is 5. The molecular weight excluding hydrogens is 302 g/mol. The number of hydrogen-bond donors (Lipinski definition) is 0. The second kappa shape index (κ2) is 4.55. The summed E-state index contributed by atoms with van der Waals surface area (Å²) in [5.41, 5.74) is 0.515. The van der Waals surface area contributed by atoms with Gasteiger partial charge in [-0.1, -0.05) is 0 Å². The zero-order valence-corrected chi connectivity index (χ0v) is 11.5. The summed E-state index contributed by atoms with van der Waals surface area (Å²) in [5.74, 6) is -1.93. The fourth-order valence-electron chi connectivity index (χ4n) is 1.93. The van der Waals surface area contributed by atoms with E-state index >= 15 is 0 Å². The standard InChI is InChI=1S/C12H8F2N4O2S/c1-21(19,20)11-3-7(13)10(2-8(11)14)18-6-17-9-4-15-5-16-12(9)18/h2-6H,1H3. The van der Waals surface area contributed by atoms with E-state index in [1.54, 1.807) is 0 Å². The molecular formula is C12H8F2N4O2S. The number of fused-ring (bicyclic) bond motifs is 1. The first kappa shape index (κ1) is 13.6. The van der Waals surface area contributed by atoms with Gasteiger partial charge in [-0.05, 0) is 6.07 Å². The van der Waals surface area contributed by atoms with Crippen LogP contribution in [-0.4, -0.2) is 34.2 Å². The fraction of sp³-hybridized carbons (Fsp3) is 0.0833. The molecule has 0 atom stereocenters. The molecule has 0 saturated heterocycles. The van der Waals surface area contributed by atoms with Crippen LogP contribution in [-0.2, 0) is 9.84 Å². The molecule has 2 aromatic heterocycles. The Morgan fingerprint density at radius 1 is 1.14 bits per heavy atom. The van der Waals surface area contributed by atoms with E-state index in [9.17, 15) is 17.2 Å². The van der Waals surface area contributed by atoms with Crippen LogP contribution in [0.25, 0.3) is 16.9 Å². The van der Waals surface area contributed by atoms with E-state index in [4.69, 9.17) is 0 Å². The number of benzene rings is 1. The molecule has 3 rings (SSSR count). The molecule has 6 nitrogen and oxygen atoms in total. The highest BCUT2D eigenvalue weighted by Gasteiger charge is 2.19. The first-order chi connectivity index (χ1) is 9.88. The van der Waals surface area contributed by atoms with Crippen molar-refractivity contribution in [3.63, 3.8) is 0 Å². The summed E-state index contributed by atoms with van der Waals surface area (Å²) < 4.78 is 52.0. The van der Waals surface area contributed by atoms with E-state index in [2.05, 4.69) is 15.0 Å². The van der Waals surface area contributed by atoms with Crippen molar-refractivity contribution in [3.8, 4) is 5.69 Å². The molecule has 3 aromatic rings. The van der Waals surface area contributed by atoms with E-state index in [0.717, 1.165) is 12.3 Å². The molecule has 0 aliphatic carbocycles. The number of halogens is 2. The first-order valence-electron chi connectivity index (χ1n) is 5.70. The van der Waals surface area contributed by atoms with Crippen LogP contribution in [0, 0.1) is 11.6 Å². The maximum absolute atomic E-state index is 14.1. The van der Waals surface area contributed by atoms with Gasteiger partial charge in [0.2, 0.25) is 0 Å². The Kier molecular flexibility index (Phi) is 2.94. The minimum atomic E-state index is -3.85. The monoisotopic (exact) mass is 310 g/mol. The van der Waals surface area contributed by atoms with Crippen molar-refractivity contribution in [2.75, 3.05) is 6.26 Å². The Morgan fingerprint density at radius 3 is 2.62 bits per heavy atom. The number of sulfone groups is 1. The lowest BCUT2D eigenvalue weighted by molar-refractivity contribution is 0.553. The van der Waals surface area contributed by atoms with Gasteiger partial charge in [-0.15, -0.1) is 0 Å². The van der Waals surface area contributed by atoms with Crippen LogP contribution in [0.1, 0.15) is 0 Å². The number of rotatable bonds is 2. The summed E-state index contributed by atoms with van der Waals surface area (Å²) in [6.45, 7) is 0. The average Bonchev–Trinajstić information content (AvgIpc) is 2.83. The van der Waals surface area contributed by atoms with Crippen LogP contribution >= 0.6 is 0 Å². The summed E-state index contributed by atoms with van der Waals surface area (Å²) in [5, 5.41) is 0. The van der Waals surface area contributed by atoms with Gasteiger partial charge in [0.25, 0.3) is 0 Å². The molecule has 0 N–H and O–H groups in total. The lowest BCUT2D eigenvalue weighted by Gasteiger charge is -2.08. The molecule has 0 fully saturated rings. The molecule has 21 heavy (non-hydrogen) atoms. The van der Waals surface area contributed by atoms with Gasteiger partial charge in [-0.2, -0.15) is 0 Å². The predicted molar refractivity (Wildman–Crippen MR) is 69.7 cm³/mol. The second-order valence-corrected chi connectivity index (χ2v) is 6.34.